The lowest BCUT2D eigenvalue weighted by molar-refractivity contribution is 0.129. The zero-order valence-electron chi connectivity index (χ0n) is 15.7. The highest BCUT2D eigenvalue weighted by atomic mass is 19.3. The zero-order chi connectivity index (χ0) is 20.2. The third-order valence-corrected chi connectivity index (χ3v) is 5.01. The summed E-state index contributed by atoms with van der Waals surface area (Å²) in [7, 11) is 0. The summed E-state index contributed by atoms with van der Waals surface area (Å²) in [5.41, 5.74) is 1.16. The number of para-hydroxylation sites is 1. The number of benzene rings is 1. The lowest BCUT2D eigenvalue weighted by atomic mass is 9.97. The molecule has 1 saturated heterocycles. The summed E-state index contributed by atoms with van der Waals surface area (Å²) in [6.07, 6.45) is 2.36. The normalized spacial score (nSPS) is 15.9. The molecule has 2 aromatic heterocycles. The van der Waals surface area contributed by atoms with Gasteiger partial charge in [-0.2, -0.15) is 9.67 Å². The molecule has 6 nitrogen and oxygen atoms in total. The zero-order valence-corrected chi connectivity index (χ0v) is 15.7. The number of rotatable bonds is 7. The molecule has 1 aliphatic heterocycles. The standard InChI is InChI=1S/C20H21F3N4O2/c21-16-3-1-2-4-17(16)27-20(24-19(25-27)18(22)23)29-13-14-5-8-26(9-6-14)11-15-7-10-28-12-15/h1-4,7,10,12,14,18H,5-6,8-9,11,13H2. The molecular formula is C20H21F3N4O2. The highest BCUT2D eigenvalue weighted by Gasteiger charge is 2.24. The number of likely N-dealkylation sites (tertiary alicyclic amines) is 1. The van der Waals surface area contributed by atoms with Gasteiger partial charge in [-0.15, -0.1) is 5.10 Å². The first-order valence-corrected chi connectivity index (χ1v) is 9.46. The maximum Gasteiger partial charge on any atom is 0.320 e. The van der Waals surface area contributed by atoms with Gasteiger partial charge in [-0.1, -0.05) is 12.1 Å². The first kappa shape index (κ1) is 19.5. The van der Waals surface area contributed by atoms with E-state index in [4.69, 9.17) is 9.15 Å². The molecule has 1 aliphatic rings. The van der Waals surface area contributed by atoms with E-state index >= 15 is 0 Å². The van der Waals surface area contributed by atoms with E-state index in [1.54, 1.807) is 18.6 Å². The molecule has 0 radical (unpaired) electrons. The molecule has 0 atom stereocenters. The molecule has 3 heterocycles. The van der Waals surface area contributed by atoms with Crippen molar-refractivity contribution in [3.05, 3.63) is 60.1 Å². The minimum Gasteiger partial charge on any atom is -0.472 e. The Hall–Kier alpha value is -2.81. The molecule has 1 aromatic carbocycles. The van der Waals surface area contributed by atoms with Gasteiger partial charge in [-0.05, 0) is 50.0 Å². The van der Waals surface area contributed by atoms with Gasteiger partial charge in [-0.25, -0.2) is 13.2 Å². The number of halogens is 3. The van der Waals surface area contributed by atoms with E-state index in [0.29, 0.717) is 6.61 Å². The van der Waals surface area contributed by atoms with E-state index in [9.17, 15) is 13.2 Å². The fourth-order valence-electron chi connectivity index (χ4n) is 3.42. The molecular weight excluding hydrogens is 385 g/mol. The van der Waals surface area contributed by atoms with Gasteiger partial charge in [-0.3, -0.25) is 4.90 Å². The number of piperidine rings is 1. The lowest BCUT2D eigenvalue weighted by Gasteiger charge is -2.31. The number of hydrogen-bond donors (Lipinski definition) is 0. The van der Waals surface area contributed by atoms with Crippen LogP contribution in [-0.2, 0) is 6.54 Å². The average Bonchev–Trinajstić information content (AvgIpc) is 3.38. The van der Waals surface area contributed by atoms with E-state index in [1.165, 1.54) is 18.2 Å². The third kappa shape index (κ3) is 4.61. The number of nitrogens with zero attached hydrogens (tertiary/aromatic N) is 4. The highest BCUT2D eigenvalue weighted by Crippen LogP contribution is 2.25. The topological polar surface area (TPSA) is 56.3 Å². The number of ether oxygens (including phenoxy) is 1. The fraction of sp³-hybridized carbons (Fsp3) is 0.400. The maximum absolute atomic E-state index is 14.1. The van der Waals surface area contributed by atoms with Crippen LogP contribution in [0.25, 0.3) is 5.69 Å². The van der Waals surface area contributed by atoms with Crippen molar-refractivity contribution in [3.8, 4) is 11.7 Å². The Labute approximate surface area is 165 Å². The Bertz CT molecular complexity index is 922. The molecule has 0 bridgehead atoms. The van der Waals surface area contributed by atoms with Crippen LogP contribution in [0.4, 0.5) is 13.2 Å². The molecule has 1 fully saturated rings. The number of hydrogen-bond acceptors (Lipinski definition) is 5. The number of furan rings is 1. The molecule has 29 heavy (non-hydrogen) atoms. The molecule has 0 saturated carbocycles. The first-order chi connectivity index (χ1) is 14.1. The highest BCUT2D eigenvalue weighted by molar-refractivity contribution is 5.34. The van der Waals surface area contributed by atoms with Crippen LogP contribution in [0.2, 0.25) is 0 Å². The number of alkyl halides is 2. The molecule has 0 aliphatic carbocycles. The SMILES string of the molecule is Fc1ccccc1-n1nc(C(F)F)nc1OCC1CCN(Cc2ccoc2)CC1. The van der Waals surface area contributed by atoms with Gasteiger partial charge in [0.15, 0.2) is 0 Å². The van der Waals surface area contributed by atoms with Crippen molar-refractivity contribution in [2.75, 3.05) is 19.7 Å². The van der Waals surface area contributed by atoms with Crippen molar-refractivity contribution in [2.24, 2.45) is 5.92 Å². The van der Waals surface area contributed by atoms with Crippen molar-refractivity contribution in [1.29, 1.82) is 0 Å². The third-order valence-electron chi connectivity index (χ3n) is 5.01. The van der Waals surface area contributed by atoms with Crippen LogP contribution in [0.3, 0.4) is 0 Å². The van der Waals surface area contributed by atoms with Crippen molar-refractivity contribution in [3.63, 3.8) is 0 Å². The second kappa shape index (κ2) is 8.69. The smallest absolute Gasteiger partial charge is 0.320 e. The van der Waals surface area contributed by atoms with E-state index < -0.39 is 18.1 Å². The van der Waals surface area contributed by atoms with Crippen LogP contribution in [0.5, 0.6) is 6.01 Å². The van der Waals surface area contributed by atoms with Crippen LogP contribution >= 0.6 is 0 Å². The molecule has 0 unspecified atom stereocenters. The molecule has 0 N–H and O–H groups in total. The van der Waals surface area contributed by atoms with Crippen LogP contribution in [0.15, 0.2) is 47.3 Å². The van der Waals surface area contributed by atoms with E-state index in [1.807, 2.05) is 6.07 Å². The van der Waals surface area contributed by atoms with Gasteiger partial charge in [0.05, 0.1) is 19.1 Å². The monoisotopic (exact) mass is 406 g/mol. The van der Waals surface area contributed by atoms with Gasteiger partial charge in [0.1, 0.15) is 11.5 Å². The average molecular weight is 406 g/mol. The predicted octanol–water partition coefficient (Wildman–Crippen LogP) is 4.23. The second-order valence-corrected chi connectivity index (χ2v) is 7.08. The molecule has 3 aromatic rings. The maximum atomic E-state index is 14.1. The minimum atomic E-state index is -2.86. The Morgan fingerprint density at radius 1 is 1.17 bits per heavy atom. The summed E-state index contributed by atoms with van der Waals surface area (Å²) in [5, 5.41) is 3.73. The molecule has 0 spiro atoms. The summed E-state index contributed by atoms with van der Waals surface area (Å²) in [4.78, 5) is 6.10. The van der Waals surface area contributed by atoms with Crippen LogP contribution < -0.4 is 4.74 Å². The molecule has 154 valence electrons. The summed E-state index contributed by atoms with van der Waals surface area (Å²) in [6, 6.07) is 7.62. The number of aromatic nitrogens is 3. The molecule has 9 heteroatoms. The van der Waals surface area contributed by atoms with Crippen LogP contribution in [0, 0.1) is 11.7 Å². The quantitative estimate of drug-likeness (QED) is 0.588. The Morgan fingerprint density at radius 3 is 2.66 bits per heavy atom. The van der Waals surface area contributed by atoms with Crippen molar-refractivity contribution in [1.82, 2.24) is 19.7 Å². The fourth-order valence-corrected chi connectivity index (χ4v) is 3.42. The second-order valence-electron chi connectivity index (χ2n) is 7.08. The Kier molecular flexibility index (Phi) is 5.84. The van der Waals surface area contributed by atoms with Crippen LogP contribution in [0.1, 0.15) is 30.7 Å². The molecule has 4 rings (SSSR count). The van der Waals surface area contributed by atoms with Gasteiger partial charge in [0.2, 0.25) is 5.82 Å². The minimum absolute atomic E-state index is 0.0248. The summed E-state index contributed by atoms with van der Waals surface area (Å²) < 4.78 is 52.1. The van der Waals surface area contributed by atoms with Crippen molar-refractivity contribution >= 4 is 0 Å². The van der Waals surface area contributed by atoms with E-state index in [0.717, 1.165) is 42.7 Å². The largest absolute Gasteiger partial charge is 0.472 e. The first-order valence-electron chi connectivity index (χ1n) is 9.46. The lowest BCUT2D eigenvalue weighted by Crippen LogP contribution is -2.35. The summed E-state index contributed by atoms with van der Waals surface area (Å²) >= 11 is 0. The summed E-state index contributed by atoms with van der Waals surface area (Å²) in [6.45, 7) is 2.96. The van der Waals surface area contributed by atoms with Crippen molar-refractivity contribution < 1.29 is 22.3 Å². The van der Waals surface area contributed by atoms with Gasteiger partial charge >= 0.3 is 6.01 Å². The van der Waals surface area contributed by atoms with Crippen molar-refractivity contribution in [2.45, 2.75) is 25.8 Å². The van der Waals surface area contributed by atoms with Crippen LogP contribution in [-0.4, -0.2) is 39.4 Å². The van der Waals surface area contributed by atoms with Gasteiger partial charge in [0.25, 0.3) is 6.43 Å². The van der Waals surface area contributed by atoms with Gasteiger partial charge in [0, 0.05) is 12.1 Å². The van der Waals surface area contributed by atoms with Gasteiger partial charge < -0.3 is 9.15 Å². The molecule has 0 amide bonds. The predicted molar refractivity (Wildman–Crippen MR) is 98.5 cm³/mol. The van der Waals surface area contributed by atoms with E-state index in [-0.39, 0.29) is 17.6 Å². The summed E-state index contributed by atoms with van der Waals surface area (Å²) in [5.74, 6) is -1.01. The Balaban J connectivity index is 1.39. The Morgan fingerprint density at radius 2 is 1.97 bits per heavy atom. The van der Waals surface area contributed by atoms with E-state index in [2.05, 4.69) is 15.0 Å².